The highest BCUT2D eigenvalue weighted by atomic mass is 16.3. The maximum absolute atomic E-state index is 9.34. The van der Waals surface area contributed by atoms with Gasteiger partial charge < -0.3 is 30.6 Å². The Balaban J connectivity index is 2.82. The third-order valence-corrected chi connectivity index (χ3v) is 4.19. The lowest BCUT2D eigenvalue weighted by Gasteiger charge is -2.28. The lowest BCUT2D eigenvalue weighted by Crippen LogP contribution is -2.36. The van der Waals surface area contributed by atoms with Crippen LogP contribution in [0, 0.1) is 10.8 Å². The van der Waals surface area contributed by atoms with E-state index in [-0.39, 0.29) is 39.6 Å². The van der Waals surface area contributed by atoms with Gasteiger partial charge in [0.05, 0.1) is 39.6 Å². The number of hydrogen-bond donors (Lipinski definition) is 6. The lowest BCUT2D eigenvalue weighted by atomic mass is 9.82. The van der Waals surface area contributed by atoms with Crippen molar-refractivity contribution >= 4 is 0 Å². The van der Waals surface area contributed by atoms with Crippen LogP contribution in [-0.4, -0.2) is 70.3 Å². The first-order valence-corrected chi connectivity index (χ1v) is 7.25. The number of aliphatic hydroxyl groups is 6. The van der Waals surface area contributed by atoms with Crippen molar-refractivity contribution in [2.75, 3.05) is 39.6 Å². The van der Waals surface area contributed by atoms with Crippen molar-refractivity contribution in [1.29, 1.82) is 0 Å². The molecule has 1 aromatic rings. The molecule has 0 unspecified atom stereocenters. The number of hydrogen-bond acceptors (Lipinski definition) is 6. The summed E-state index contributed by atoms with van der Waals surface area (Å²) in [5.41, 5.74) is -0.203. The summed E-state index contributed by atoms with van der Waals surface area (Å²) in [4.78, 5) is 0. The number of aliphatic hydroxyl groups excluding tert-OH is 6. The van der Waals surface area contributed by atoms with Crippen molar-refractivity contribution in [3.8, 4) is 0 Å². The van der Waals surface area contributed by atoms with Crippen molar-refractivity contribution in [2.45, 2.75) is 12.8 Å². The van der Waals surface area contributed by atoms with Crippen molar-refractivity contribution in [2.24, 2.45) is 10.8 Å². The van der Waals surface area contributed by atoms with Gasteiger partial charge in [0, 0.05) is 10.8 Å². The van der Waals surface area contributed by atoms with Crippen LogP contribution in [0.4, 0.5) is 0 Å². The van der Waals surface area contributed by atoms with Gasteiger partial charge in [0.25, 0.3) is 0 Å². The summed E-state index contributed by atoms with van der Waals surface area (Å²) in [6.07, 6.45) is 0.670. The molecule has 22 heavy (non-hydrogen) atoms. The average Bonchev–Trinajstić information content (AvgIpc) is 2.59. The fourth-order valence-electron chi connectivity index (χ4n) is 2.28. The lowest BCUT2D eigenvalue weighted by molar-refractivity contribution is 0.00521. The van der Waals surface area contributed by atoms with E-state index in [2.05, 4.69) is 0 Å². The molecular formula is C16H26O6. The third kappa shape index (κ3) is 4.49. The molecule has 0 aromatic heterocycles. The van der Waals surface area contributed by atoms with Crippen molar-refractivity contribution in [3.05, 3.63) is 35.4 Å². The molecule has 0 aliphatic carbocycles. The zero-order valence-electron chi connectivity index (χ0n) is 12.6. The van der Waals surface area contributed by atoms with E-state index in [1.54, 1.807) is 0 Å². The van der Waals surface area contributed by atoms with Gasteiger partial charge in [0.15, 0.2) is 0 Å². The maximum atomic E-state index is 9.34. The van der Waals surface area contributed by atoms with Gasteiger partial charge in [-0.2, -0.15) is 0 Å². The third-order valence-electron chi connectivity index (χ3n) is 4.19. The molecule has 0 heterocycles. The van der Waals surface area contributed by atoms with Crippen LogP contribution in [-0.2, 0) is 12.8 Å². The van der Waals surface area contributed by atoms with Gasteiger partial charge in [0.1, 0.15) is 0 Å². The van der Waals surface area contributed by atoms with Crippen LogP contribution in [0.3, 0.4) is 0 Å². The first kappa shape index (κ1) is 19.0. The fourth-order valence-corrected chi connectivity index (χ4v) is 2.28. The molecule has 0 amide bonds. The molecule has 0 spiro atoms. The summed E-state index contributed by atoms with van der Waals surface area (Å²) in [5, 5.41) is 56.0. The van der Waals surface area contributed by atoms with E-state index in [4.69, 9.17) is 0 Å². The number of rotatable bonds is 10. The molecule has 0 saturated carbocycles. The molecule has 1 aromatic carbocycles. The van der Waals surface area contributed by atoms with E-state index in [0.717, 1.165) is 11.1 Å². The summed E-state index contributed by atoms with van der Waals surface area (Å²) < 4.78 is 0. The molecule has 0 atom stereocenters. The molecule has 6 N–H and O–H groups in total. The zero-order valence-corrected chi connectivity index (χ0v) is 12.6. The Hall–Kier alpha value is -1.02. The van der Waals surface area contributed by atoms with Crippen molar-refractivity contribution in [1.82, 2.24) is 0 Å². The molecule has 0 saturated heterocycles. The predicted molar refractivity (Wildman–Crippen MR) is 81.2 cm³/mol. The van der Waals surface area contributed by atoms with Crippen LogP contribution in [0.2, 0.25) is 0 Å². The van der Waals surface area contributed by atoms with Crippen LogP contribution < -0.4 is 0 Å². The first-order chi connectivity index (χ1) is 10.5. The minimum absolute atomic E-state index is 0.315. The highest BCUT2D eigenvalue weighted by molar-refractivity contribution is 5.25. The molecule has 0 aliphatic heterocycles. The average molecular weight is 314 g/mol. The zero-order chi connectivity index (χ0) is 16.6. The standard InChI is InChI=1S/C16H26O6/c17-7-15(8-18,9-19)5-13-1-2-14(4-3-13)6-16(10-20,11-21)12-22/h1-4,17-22H,5-12H2. The van der Waals surface area contributed by atoms with Gasteiger partial charge in [0.2, 0.25) is 0 Å². The Labute approximate surface area is 130 Å². The highest BCUT2D eigenvalue weighted by Gasteiger charge is 2.30. The summed E-state index contributed by atoms with van der Waals surface area (Å²) in [5.74, 6) is 0. The molecule has 6 heteroatoms. The second kappa shape index (κ2) is 8.57. The highest BCUT2D eigenvalue weighted by Crippen LogP contribution is 2.25. The second-order valence-corrected chi connectivity index (χ2v) is 6.12. The molecule has 126 valence electrons. The topological polar surface area (TPSA) is 121 Å². The minimum atomic E-state index is -0.952. The van der Waals surface area contributed by atoms with E-state index < -0.39 is 10.8 Å². The Morgan fingerprint density at radius 2 is 0.727 bits per heavy atom. The molecular weight excluding hydrogens is 288 g/mol. The Bertz CT molecular complexity index is 365. The van der Waals surface area contributed by atoms with Gasteiger partial charge in [-0.05, 0) is 24.0 Å². The Morgan fingerprint density at radius 1 is 0.500 bits per heavy atom. The van der Waals surface area contributed by atoms with Crippen molar-refractivity contribution in [3.63, 3.8) is 0 Å². The quantitative estimate of drug-likeness (QED) is 0.319. The normalized spacial score (nSPS) is 12.6. The van der Waals surface area contributed by atoms with Crippen molar-refractivity contribution < 1.29 is 30.6 Å². The SMILES string of the molecule is OCC(CO)(CO)Cc1ccc(CC(CO)(CO)CO)cc1. The summed E-state index contributed by atoms with van der Waals surface area (Å²) in [6, 6.07) is 7.23. The molecule has 0 aliphatic rings. The minimum Gasteiger partial charge on any atom is -0.396 e. The molecule has 0 fully saturated rings. The molecule has 0 radical (unpaired) electrons. The number of benzene rings is 1. The fraction of sp³-hybridized carbons (Fsp3) is 0.625. The van der Waals surface area contributed by atoms with Gasteiger partial charge >= 0.3 is 0 Å². The van der Waals surface area contributed by atoms with Gasteiger partial charge in [-0.15, -0.1) is 0 Å². The van der Waals surface area contributed by atoms with Crippen LogP contribution in [0.15, 0.2) is 24.3 Å². The van der Waals surface area contributed by atoms with Crippen LogP contribution >= 0.6 is 0 Å². The van der Waals surface area contributed by atoms with Crippen LogP contribution in [0.25, 0.3) is 0 Å². The second-order valence-electron chi connectivity index (χ2n) is 6.12. The Morgan fingerprint density at radius 3 is 0.909 bits per heavy atom. The maximum Gasteiger partial charge on any atom is 0.0534 e. The Kier molecular flexibility index (Phi) is 7.41. The van der Waals surface area contributed by atoms with Gasteiger partial charge in [-0.3, -0.25) is 0 Å². The van der Waals surface area contributed by atoms with E-state index in [1.165, 1.54) is 0 Å². The summed E-state index contributed by atoms with van der Waals surface area (Å²) in [6.45, 7) is -1.89. The van der Waals surface area contributed by atoms with E-state index in [1.807, 2.05) is 24.3 Å². The molecule has 6 nitrogen and oxygen atoms in total. The summed E-state index contributed by atoms with van der Waals surface area (Å²) in [7, 11) is 0. The molecule has 1 rings (SSSR count). The monoisotopic (exact) mass is 314 g/mol. The summed E-state index contributed by atoms with van der Waals surface area (Å²) >= 11 is 0. The van der Waals surface area contributed by atoms with Gasteiger partial charge in [-0.1, -0.05) is 24.3 Å². The first-order valence-electron chi connectivity index (χ1n) is 7.25. The van der Waals surface area contributed by atoms with Crippen LogP contribution in [0.5, 0.6) is 0 Å². The molecule has 0 bridgehead atoms. The van der Waals surface area contributed by atoms with Gasteiger partial charge in [-0.25, -0.2) is 0 Å². The van der Waals surface area contributed by atoms with E-state index in [9.17, 15) is 30.6 Å². The predicted octanol–water partition coefficient (Wildman–Crippen LogP) is -1.30. The van der Waals surface area contributed by atoms with E-state index >= 15 is 0 Å². The van der Waals surface area contributed by atoms with Crippen LogP contribution in [0.1, 0.15) is 11.1 Å². The van der Waals surface area contributed by atoms with E-state index in [0.29, 0.717) is 12.8 Å². The largest absolute Gasteiger partial charge is 0.396 e. The smallest absolute Gasteiger partial charge is 0.0534 e.